The van der Waals surface area contributed by atoms with Gasteiger partial charge < -0.3 is 4.52 Å². The number of hydrogen-bond donors (Lipinski definition) is 0. The van der Waals surface area contributed by atoms with E-state index in [2.05, 4.69) is 15.2 Å². The Morgan fingerprint density at radius 3 is 2.55 bits per heavy atom. The second-order valence-electron chi connectivity index (χ2n) is 7.11. The fourth-order valence-electron chi connectivity index (χ4n) is 3.49. The number of aryl methyl sites for hydroxylation is 1. The highest BCUT2D eigenvalue weighted by Crippen LogP contribution is 2.27. The number of rotatable bonds is 4. The van der Waals surface area contributed by atoms with Crippen molar-refractivity contribution in [1.29, 1.82) is 0 Å². The third-order valence-corrected chi connectivity index (χ3v) is 5.73. The first-order valence-corrected chi connectivity index (χ1v) is 10.9. The van der Waals surface area contributed by atoms with E-state index in [0.717, 1.165) is 16.0 Å². The van der Waals surface area contributed by atoms with Crippen LogP contribution in [0.1, 0.15) is 5.56 Å². The van der Waals surface area contributed by atoms with Crippen LogP contribution in [0.3, 0.4) is 0 Å². The van der Waals surface area contributed by atoms with E-state index >= 15 is 0 Å². The molecule has 0 saturated carbocycles. The first-order valence-electron chi connectivity index (χ1n) is 9.71. The van der Waals surface area contributed by atoms with Gasteiger partial charge in [0.15, 0.2) is 5.69 Å². The molecular formula is C24H18N4O2S. The van der Waals surface area contributed by atoms with Crippen LogP contribution in [0, 0.1) is 6.92 Å². The summed E-state index contributed by atoms with van der Waals surface area (Å²) in [5, 5.41) is 10.00. The Hall–Kier alpha value is -3.71. The van der Waals surface area contributed by atoms with E-state index in [1.54, 1.807) is 17.8 Å². The van der Waals surface area contributed by atoms with Gasteiger partial charge in [-0.1, -0.05) is 53.2 Å². The highest BCUT2D eigenvalue weighted by Gasteiger charge is 2.19. The summed E-state index contributed by atoms with van der Waals surface area (Å²) in [4.78, 5) is 18.8. The van der Waals surface area contributed by atoms with Gasteiger partial charge in [0.05, 0.1) is 11.1 Å². The Balaban J connectivity index is 1.72. The summed E-state index contributed by atoms with van der Waals surface area (Å²) in [5.41, 5.74) is 2.92. The van der Waals surface area contributed by atoms with Crippen molar-refractivity contribution < 1.29 is 4.52 Å². The van der Waals surface area contributed by atoms with Crippen molar-refractivity contribution in [2.24, 2.45) is 0 Å². The second kappa shape index (κ2) is 7.85. The first kappa shape index (κ1) is 19.3. The minimum absolute atomic E-state index is 0.198. The lowest BCUT2D eigenvalue weighted by molar-refractivity contribution is 0.430. The van der Waals surface area contributed by atoms with Gasteiger partial charge in [-0.15, -0.1) is 11.8 Å². The number of hydrogen-bond acceptors (Lipinski definition) is 6. The molecule has 0 aliphatic heterocycles. The molecule has 5 rings (SSSR count). The number of fused-ring (bicyclic) bond motifs is 1. The fourth-order valence-corrected chi connectivity index (χ4v) is 3.94. The average Bonchev–Trinajstić information content (AvgIpc) is 3.30. The Bertz CT molecular complexity index is 1470. The van der Waals surface area contributed by atoms with E-state index in [9.17, 15) is 4.79 Å². The van der Waals surface area contributed by atoms with Gasteiger partial charge in [-0.2, -0.15) is 14.8 Å². The van der Waals surface area contributed by atoms with Crippen molar-refractivity contribution in [2.75, 3.05) is 6.26 Å². The lowest BCUT2D eigenvalue weighted by atomic mass is 10.1. The second-order valence-corrected chi connectivity index (χ2v) is 7.98. The zero-order chi connectivity index (χ0) is 21.4. The van der Waals surface area contributed by atoms with Crippen LogP contribution in [0.4, 0.5) is 0 Å². The highest BCUT2D eigenvalue weighted by atomic mass is 32.2. The summed E-state index contributed by atoms with van der Waals surface area (Å²) in [6, 6.07) is 22.9. The lowest BCUT2D eigenvalue weighted by Crippen LogP contribution is -2.22. The molecule has 0 amide bonds. The minimum atomic E-state index is -0.198. The van der Waals surface area contributed by atoms with Gasteiger partial charge in [-0.25, -0.2) is 0 Å². The molecule has 152 valence electrons. The van der Waals surface area contributed by atoms with E-state index in [1.165, 1.54) is 4.68 Å². The summed E-state index contributed by atoms with van der Waals surface area (Å²) < 4.78 is 6.98. The van der Waals surface area contributed by atoms with E-state index in [-0.39, 0.29) is 11.4 Å². The largest absolute Gasteiger partial charge is 0.332 e. The number of nitrogens with zero attached hydrogens (tertiary/aromatic N) is 4. The van der Waals surface area contributed by atoms with Gasteiger partial charge in [0.25, 0.3) is 11.4 Å². The molecule has 2 heterocycles. The summed E-state index contributed by atoms with van der Waals surface area (Å²) in [6.45, 7) is 2.01. The zero-order valence-electron chi connectivity index (χ0n) is 16.9. The van der Waals surface area contributed by atoms with Crippen LogP contribution in [0.25, 0.3) is 39.4 Å². The predicted octanol–water partition coefficient (Wildman–Crippen LogP) is 5.13. The quantitative estimate of drug-likeness (QED) is 0.371. The number of aromatic nitrogens is 4. The molecule has 3 aromatic carbocycles. The van der Waals surface area contributed by atoms with Gasteiger partial charge in [-0.3, -0.25) is 4.79 Å². The maximum Gasteiger partial charge on any atom is 0.279 e. The number of benzene rings is 3. The smallest absolute Gasteiger partial charge is 0.279 e. The summed E-state index contributed by atoms with van der Waals surface area (Å²) in [7, 11) is 0. The topological polar surface area (TPSA) is 73.8 Å². The third kappa shape index (κ3) is 3.53. The molecule has 0 atom stereocenters. The van der Waals surface area contributed by atoms with Gasteiger partial charge >= 0.3 is 0 Å². The van der Waals surface area contributed by atoms with Crippen LogP contribution in [-0.4, -0.2) is 26.2 Å². The van der Waals surface area contributed by atoms with Gasteiger partial charge in [-0.05, 0) is 43.5 Å². The Morgan fingerprint density at radius 2 is 1.74 bits per heavy atom. The SMILES string of the molecule is CSc1cccc(-n2nc(-c3nc(-c4cccc(C)c4)no3)c3ccccc3c2=O)c1. The first-order chi connectivity index (χ1) is 15.1. The van der Waals surface area contributed by atoms with E-state index in [0.29, 0.717) is 28.0 Å². The standard InChI is InChI=1S/C24H18N4O2S/c1-15-7-5-8-16(13-15)22-25-23(30-27-22)21-19-11-3-4-12-20(19)24(29)28(26-21)17-9-6-10-18(14-17)31-2/h3-14H,1-2H3. The Kier molecular flexibility index (Phi) is 4.88. The highest BCUT2D eigenvalue weighted by molar-refractivity contribution is 7.98. The van der Waals surface area contributed by atoms with Crippen LogP contribution in [0.5, 0.6) is 0 Å². The predicted molar refractivity (Wildman–Crippen MR) is 123 cm³/mol. The van der Waals surface area contributed by atoms with Crippen LogP contribution in [-0.2, 0) is 0 Å². The van der Waals surface area contributed by atoms with Crippen molar-refractivity contribution in [1.82, 2.24) is 19.9 Å². The molecule has 0 bridgehead atoms. The molecule has 0 unspecified atom stereocenters. The summed E-state index contributed by atoms with van der Waals surface area (Å²) in [5.74, 6) is 0.745. The molecule has 0 spiro atoms. The molecule has 0 saturated heterocycles. The van der Waals surface area contributed by atoms with Gasteiger partial charge in [0, 0.05) is 15.8 Å². The van der Waals surface area contributed by atoms with Crippen LogP contribution >= 0.6 is 11.8 Å². The molecule has 6 nitrogen and oxygen atoms in total. The monoisotopic (exact) mass is 426 g/mol. The molecule has 0 aliphatic carbocycles. The van der Waals surface area contributed by atoms with Crippen LogP contribution in [0.15, 0.2) is 87.0 Å². The molecule has 2 aromatic heterocycles. The molecule has 31 heavy (non-hydrogen) atoms. The fraction of sp³-hybridized carbons (Fsp3) is 0.0833. The van der Waals surface area contributed by atoms with Crippen molar-refractivity contribution in [3.63, 3.8) is 0 Å². The summed E-state index contributed by atoms with van der Waals surface area (Å²) in [6.07, 6.45) is 1.99. The van der Waals surface area contributed by atoms with Crippen LogP contribution in [0.2, 0.25) is 0 Å². The Morgan fingerprint density at radius 1 is 0.935 bits per heavy atom. The van der Waals surface area contributed by atoms with Crippen molar-refractivity contribution in [3.8, 4) is 28.7 Å². The molecule has 0 radical (unpaired) electrons. The minimum Gasteiger partial charge on any atom is -0.332 e. The maximum atomic E-state index is 13.2. The van der Waals surface area contributed by atoms with E-state index in [4.69, 9.17) is 4.52 Å². The van der Waals surface area contributed by atoms with Gasteiger partial charge in [0.1, 0.15) is 0 Å². The normalized spacial score (nSPS) is 11.2. The van der Waals surface area contributed by atoms with Gasteiger partial charge in [0.2, 0.25) is 5.82 Å². The van der Waals surface area contributed by atoms with Crippen molar-refractivity contribution in [2.45, 2.75) is 11.8 Å². The molecular weight excluding hydrogens is 408 g/mol. The molecule has 0 N–H and O–H groups in total. The van der Waals surface area contributed by atoms with Crippen molar-refractivity contribution in [3.05, 3.63) is 88.7 Å². The average molecular weight is 427 g/mol. The van der Waals surface area contributed by atoms with E-state index in [1.807, 2.05) is 79.9 Å². The lowest BCUT2D eigenvalue weighted by Gasteiger charge is -2.10. The van der Waals surface area contributed by atoms with Crippen LogP contribution < -0.4 is 5.56 Å². The third-order valence-electron chi connectivity index (χ3n) is 5.01. The maximum absolute atomic E-state index is 13.2. The Labute approximate surface area is 182 Å². The zero-order valence-corrected chi connectivity index (χ0v) is 17.8. The molecule has 0 fully saturated rings. The molecule has 5 aromatic rings. The van der Waals surface area contributed by atoms with E-state index < -0.39 is 0 Å². The molecule has 7 heteroatoms. The summed E-state index contributed by atoms with van der Waals surface area (Å²) >= 11 is 1.61. The molecule has 0 aliphatic rings. The number of thioether (sulfide) groups is 1. The van der Waals surface area contributed by atoms with Crippen molar-refractivity contribution >= 4 is 22.5 Å².